The van der Waals surface area contributed by atoms with E-state index in [2.05, 4.69) is 9.72 Å². The number of carbonyl (C=O) groups is 1. The fraction of sp³-hybridized carbons (Fsp3) is 0.556. The van der Waals surface area contributed by atoms with Crippen molar-refractivity contribution in [1.29, 1.82) is 0 Å². The van der Waals surface area contributed by atoms with E-state index in [1.807, 2.05) is 0 Å². The topological polar surface area (TPSA) is 64.3 Å². The molecule has 0 saturated carbocycles. The Morgan fingerprint density at radius 2 is 2.50 bits per heavy atom. The van der Waals surface area contributed by atoms with E-state index in [0.717, 1.165) is 5.82 Å². The van der Waals surface area contributed by atoms with Gasteiger partial charge in [-0.3, -0.25) is 0 Å². The van der Waals surface area contributed by atoms with E-state index >= 15 is 0 Å². The summed E-state index contributed by atoms with van der Waals surface area (Å²) in [7, 11) is 0. The molecule has 0 spiro atoms. The lowest BCUT2D eigenvalue weighted by Gasteiger charge is -2.10. The predicted octanol–water partition coefficient (Wildman–Crippen LogP) is 0.116. The average molecular weight is 198 g/mol. The van der Waals surface area contributed by atoms with Gasteiger partial charge in [-0.05, 0) is 13.8 Å². The Bertz CT molecular complexity index is 309. The van der Waals surface area contributed by atoms with Gasteiger partial charge in [-0.25, -0.2) is 9.78 Å². The number of esters is 1. The number of aliphatic hydroxyl groups is 1. The number of imidazole rings is 1. The van der Waals surface area contributed by atoms with Crippen molar-refractivity contribution in [3.05, 3.63) is 18.2 Å². The second-order valence-corrected chi connectivity index (χ2v) is 2.89. The number of nitrogens with zero attached hydrogens (tertiary/aromatic N) is 2. The molecule has 0 saturated heterocycles. The molecule has 14 heavy (non-hydrogen) atoms. The van der Waals surface area contributed by atoms with Crippen molar-refractivity contribution in [2.45, 2.75) is 26.5 Å². The molecule has 0 aliphatic rings. The number of hydrogen-bond donors (Lipinski definition) is 1. The smallest absolute Gasteiger partial charge is 0.336 e. The fourth-order valence-electron chi connectivity index (χ4n) is 1.10. The van der Waals surface area contributed by atoms with Crippen LogP contribution in [0.4, 0.5) is 0 Å². The van der Waals surface area contributed by atoms with Crippen molar-refractivity contribution in [3.8, 4) is 0 Å². The maximum Gasteiger partial charge on any atom is 0.336 e. The van der Waals surface area contributed by atoms with Crippen LogP contribution < -0.4 is 0 Å². The Morgan fingerprint density at radius 1 is 1.79 bits per heavy atom. The van der Waals surface area contributed by atoms with Gasteiger partial charge in [0.1, 0.15) is 5.82 Å². The molecule has 0 amide bonds. The summed E-state index contributed by atoms with van der Waals surface area (Å²) in [6.45, 7) is 3.97. The van der Waals surface area contributed by atoms with Crippen LogP contribution in [0.15, 0.2) is 12.4 Å². The Hall–Kier alpha value is -1.36. The molecule has 1 unspecified atom stereocenters. The molecule has 1 heterocycles. The van der Waals surface area contributed by atoms with Crippen LogP contribution in [0, 0.1) is 6.92 Å². The lowest BCUT2D eigenvalue weighted by atomic mass is 10.3. The van der Waals surface area contributed by atoms with Crippen molar-refractivity contribution in [2.75, 3.05) is 6.61 Å². The number of aliphatic hydroxyl groups excluding tert-OH is 1. The van der Waals surface area contributed by atoms with Crippen molar-refractivity contribution < 1.29 is 14.6 Å². The highest BCUT2D eigenvalue weighted by atomic mass is 16.5. The van der Waals surface area contributed by atoms with E-state index in [1.54, 1.807) is 30.8 Å². The average Bonchev–Trinajstić information content (AvgIpc) is 2.52. The van der Waals surface area contributed by atoms with Gasteiger partial charge in [0.15, 0.2) is 6.10 Å². The van der Waals surface area contributed by atoms with Crippen LogP contribution in [-0.2, 0) is 16.1 Å². The van der Waals surface area contributed by atoms with Gasteiger partial charge in [0.25, 0.3) is 0 Å². The first-order valence-electron chi connectivity index (χ1n) is 4.47. The van der Waals surface area contributed by atoms with Crippen LogP contribution in [0.1, 0.15) is 12.7 Å². The molecule has 1 atom stereocenters. The Balaban J connectivity index is 2.52. The first-order chi connectivity index (χ1) is 6.65. The number of carbonyl (C=O) groups excluding carboxylic acids is 1. The molecule has 0 fully saturated rings. The van der Waals surface area contributed by atoms with Gasteiger partial charge in [0, 0.05) is 12.4 Å². The monoisotopic (exact) mass is 198 g/mol. The van der Waals surface area contributed by atoms with Crippen molar-refractivity contribution in [2.24, 2.45) is 0 Å². The van der Waals surface area contributed by atoms with Crippen LogP contribution in [-0.4, -0.2) is 33.3 Å². The second-order valence-electron chi connectivity index (χ2n) is 2.89. The zero-order valence-electron chi connectivity index (χ0n) is 8.30. The number of ether oxygens (including phenoxy) is 1. The Morgan fingerprint density at radius 3 is 3.00 bits per heavy atom. The quantitative estimate of drug-likeness (QED) is 0.698. The van der Waals surface area contributed by atoms with Crippen molar-refractivity contribution in [3.63, 3.8) is 0 Å². The van der Waals surface area contributed by atoms with Crippen LogP contribution >= 0.6 is 0 Å². The van der Waals surface area contributed by atoms with E-state index in [0.29, 0.717) is 0 Å². The molecule has 0 aliphatic carbocycles. The summed E-state index contributed by atoms with van der Waals surface area (Å²) in [6.07, 6.45) is 2.20. The summed E-state index contributed by atoms with van der Waals surface area (Å²) in [5.41, 5.74) is 0. The molecule has 1 N–H and O–H groups in total. The maximum atomic E-state index is 11.1. The van der Waals surface area contributed by atoms with E-state index < -0.39 is 12.1 Å². The van der Waals surface area contributed by atoms with Crippen molar-refractivity contribution in [1.82, 2.24) is 9.55 Å². The largest absolute Gasteiger partial charge is 0.464 e. The maximum absolute atomic E-state index is 11.1. The zero-order chi connectivity index (χ0) is 10.6. The molecular formula is C9H14N2O3. The molecular weight excluding hydrogens is 184 g/mol. The van der Waals surface area contributed by atoms with Crippen LogP contribution in [0.2, 0.25) is 0 Å². The minimum absolute atomic E-state index is 0.185. The highest BCUT2D eigenvalue weighted by molar-refractivity contribution is 5.74. The summed E-state index contributed by atoms with van der Waals surface area (Å²) in [5.74, 6) is 0.161. The van der Waals surface area contributed by atoms with Gasteiger partial charge in [-0.15, -0.1) is 0 Å². The van der Waals surface area contributed by atoms with Gasteiger partial charge in [0.2, 0.25) is 0 Å². The Kier molecular flexibility index (Phi) is 3.64. The van der Waals surface area contributed by atoms with Gasteiger partial charge in [-0.1, -0.05) is 0 Å². The molecule has 0 radical (unpaired) electrons. The van der Waals surface area contributed by atoms with E-state index in [4.69, 9.17) is 0 Å². The highest BCUT2D eigenvalue weighted by Crippen LogP contribution is 1.99. The molecule has 0 bridgehead atoms. The van der Waals surface area contributed by atoms with E-state index in [9.17, 15) is 9.90 Å². The number of hydrogen-bond acceptors (Lipinski definition) is 4. The summed E-state index contributed by atoms with van der Waals surface area (Å²) >= 11 is 0. The van der Waals surface area contributed by atoms with Gasteiger partial charge >= 0.3 is 5.97 Å². The van der Waals surface area contributed by atoms with Crippen LogP contribution in [0.5, 0.6) is 0 Å². The number of aromatic nitrogens is 2. The summed E-state index contributed by atoms with van der Waals surface area (Å²) < 4.78 is 6.37. The number of aryl methyl sites for hydroxylation is 1. The van der Waals surface area contributed by atoms with Gasteiger partial charge < -0.3 is 14.4 Å². The molecule has 1 aromatic rings. The molecule has 78 valence electrons. The summed E-state index contributed by atoms with van der Waals surface area (Å²) in [5, 5.41) is 9.42. The lowest BCUT2D eigenvalue weighted by molar-refractivity contribution is -0.153. The van der Waals surface area contributed by atoms with E-state index in [1.165, 1.54) is 0 Å². The molecule has 5 heteroatoms. The third-order valence-corrected chi connectivity index (χ3v) is 1.85. The summed E-state index contributed by atoms with van der Waals surface area (Å²) in [6, 6.07) is 0. The third-order valence-electron chi connectivity index (χ3n) is 1.85. The summed E-state index contributed by atoms with van der Waals surface area (Å²) in [4.78, 5) is 15.0. The third kappa shape index (κ3) is 2.56. The molecule has 0 aromatic carbocycles. The number of rotatable bonds is 4. The van der Waals surface area contributed by atoms with Crippen molar-refractivity contribution >= 4 is 5.97 Å². The van der Waals surface area contributed by atoms with Gasteiger partial charge in [0.05, 0.1) is 13.2 Å². The van der Waals surface area contributed by atoms with E-state index in [-0.39, 0.29) is 13.2 Å². The minimum Gasteiger partial charge on any atom is -0.464 e. The van der Waals surface area contributed by atoms with Crippen LogP contribution in [0.3, 0.4) is 0 Å². The SMILES string of the molecule is CCOC(=O)C(O)Cn1ccnc1C. The Labute approximate surface area is 82.3 Å². The van der Waals surface area contributed by atoms with Gasteiger partial charge in [-0.2, -0.15) is 0 Å². The molecule has 0 aliphatic heterocycles. The first kappa shape index (κ1) is 10.7. The molecule has 5 nitrogen and oxygen atoms in total. The normalized spacial score (nSPS) is 12.5. The standard InChI is InChI=1S/C9H14N2O3/c1-3-14-9(13)8(12)6-11-5-4-10-7(11)2/h4-5,8,12H,3,6H2,1-2H3. The minimum atomic E-state index is -1.12. The second kappa shape index (κ2) is 4.76. The van der Waals surface area contributed by atoms with Crippen LogP contribution in [0.25, 0.3) is 0 Å². The fourth-order valence-corrected chi connectivity index (χ4v) is 1.10. The predicted molar refractivity (Wildman–Crippen MR) is 49.6 cm³/mol. The first-order valence-corrected chi connectivity index (χ1v) is 4.47. The zero-order valence-corrected chi connectivity index (χ0v) is 8.30. The molecule has 1 rings (SSSR count). The molecule has 1 aromatic heterocycles. The lowest BCUT2D eigenvalue weighted by Crippen LogP contribution is -2.28. The highest BCUT2D eigenvalue weighted by Gasteiger charge is 2.16.